The Bertz CT molecular complexity index is 1190. The highest BCUT2D eigenvalue weighted by Crippen LogP contribution is 2.41. The molecule has 1 fully saturated rings. The molecule has 1 amide bonds. The zero-order chi connectivity index (χ0) is 25.5. The highest BCUT2D eigenvalue weighted by atomic mass is 31.2. The van der Waals surface area contributed by atoms with Crippen molar-refractivity contribution in [1.82, 2.24) is 9.78 Å². The maximum absolute atomic E-state index is 12.9. The smallest absolute Gasteiger partial charge is 0.382 e. The molecule has 0 radical (unpaired) electrons. The average Bonchev–Trinajstić information content (AvgIpc) is 3.11. The Morgan fingerprint density at radius 1 is 1.26 bits per heavy atom. The molecule has 1 aromatic heterocycles. The maximum Gasteiger partial charge on any atom is 0.469 e. The lowest BCUT2D eigenvalue weighted by Crippen LogP contribution is -2.30. The van der Waals surface area contributed by atoms with Crippen molar-refractivity contribution in [3.8, 4) is 5.69 Å². The predicted octanol–water partition coefficient (Wildman–Crippen LogP) is 3.52. The average molecular weight is 505 g/mol. The number of fused-ring (bicyclic) bond motifs is 1. The Morgan fingerprint density at radius 3 is 2.54 bits per heavy atom. The molecule has 5 N–H and O–H groups in total. The Morgan fingerprint density at radius 2 is 1.94 bits per heavy atom. The van der Waals surface area contributed by atoms with Crippen LogP contribution in [0.15, 0.2) is 18.2 Å². The minimum absolute atomic E-state index is 0.0155. The molecule has 4 rings (SSSR count). The molecule has 0 unspecified atom stereocenters. The summed E-state index contributed by atoms with van der Waals surface area (Å²) >= 11 is 0. The molecule has 0 spiro atoms. The largest absolute Gasteiger partial charge is 0.469 e. The highest BCUT2D eigenvalue weighted by Gasteiger charge is 2.36. The lowest BCUT2D eigenvalue weighted by molar-refractivity contribution is 0.0908. The van der Waals surface area contributed by atoms with Gasteiger partial charge in [0.25, 0.3) is 5.91 Å². The number of phosphoric ester groups is 1. The molecule has 1 saturated carbocycles. The number of nitrogens with one attached hydrogen (secondary N) is 1. The van der Waals surface area contributed by atoms with Crippen LogP contribution in [0, 0.1) is 5.41 Å². The van der Waals surface area contributed by atoms with Gasteiger partial charge in [0.1, 0.15) is 0 Å². The van der Waals surface area contributed by atoms with Crippen LogP contribution < -0.4 is 11.1 Å². The number of amides is 1. The van der Waals surface area contributed by atoms with Crippen LogP contribution in [0.25, 0.3) is 5.69 Å². The second-order valence-corrected chi connectivity index (χ2v) is 11.5. The maximum atomic E-state index is 12.9. The Kier molecular flexibility index (Phi) is 6.94. The van der Waals surface area contributed by atoms with E-state index in [1.807, 2.05) is 17.7 Å². The Balaban J connectivity index is 1.64. The van der Waals surface area contributed by atoms with Gasteiger partial charge in [0, 0.05) is 18.2 Å². The Labute approximate surface area is 204 Å². The lowest BCUT2D eigenvalue weighted by atomic mass is 9.75. The summed E-state index contributed by atoms with van der Waals surface area (Å²) in [5.41, 5.74) is 9.48. The number of hydrogen-bond donors (Lipinski definition) is 4. The first-order valence-electron chi connectivity index (χ1n) is 12.0. The van der Waals surface area contributed by atoms with Gasteiger partial charge in [-0.25, -0.2) is 9.25 Å². The van der Waals surface area contributed by atoms with Crippen LogP contribution in [0.2, 0.25) is 0 Å². The van der Waals surface area contributed by atoms with Gasteiger partial charge in [-0.05, 0) is 62.1 Å². The Hall–Kier alpha value is -2.52. The summed E-state index contributed by atoms with van der Waals surface area (Å²) in [6.07, 6.45) is 3.55. The third kappa shape index (κ3) is 5.67. The normalized spacial score (nSPS) is 22.0. The molecule has 2 aliphatic carbocycles. The summed E-state index contributed by atoms with van der Waals surface area (Å²) in [5, 5.41) is 8.16. The van der Waals surface area contributed by atoms with Crippen molar-refractivity contribution in [3.05, 3.63) is 40.7 Å². The van der Waals surface area contributed by atoms with Gasteiger partial charge in [0.15, 0.2) is 5.78 Å². The van der Waals surface area contributed by atoms with Gasteiger partial charge >= 0.3 is 7.82 Å². The fourth-order valence-electron chi connectivity index (χ4n) is 5.21. The monoisotopic (exact) mass is 504 g/mol. The van der Waals surface area contributed by atoms with Gasteiger partial charge in [-0.1, -0.05) is 20.8 Å². The van der Waals surface area contributed by atoms with Gasteiger partial charge in [-0.15, -0.1) is 0 Å². The first-order chi connectivity index (χ1) is 16.4. The van der Waals surface area contributed by atoms with Gasteiger partial charge in [-0.2, -0.15) is 5.10 Å². The van der Waals surface area contributed by atoms with Crippen LogP contribution >= 0.6 is 7.82 Å². The summed E-state index contributed by atoms with van der Waals surface area (Å²) in [5.74, 6) is -0.452. The fraction of sp³-hybridized carbons (Fsp3) is 0.542. The molecule has 0 aliphatic heterocycles. The van der Waals surface area contributed by atoms with Crippen molar-refractivity contribution in [2.45, 2.75) is 77.9 Å². The van der Waals surface area contributed by atoms with E-state index >= 15 is 0 Å². The van der Waals surface area contributed by atoms with Gasteiger partial charge in [0.2, 0.25) is 0 Å². The van der Waals surface area contributed by atoms with Crippen molar-refractivity contribution in [2.75, 3.05) is 5.32 Å². The molecule has 1 aromatic carbocycles. The highest BCUT2D eigenvalue weighted by molar-refractivity contribution is 7.46. The first-order valence-corrected chi connectivity index (χ1v) is 13.5. The molecule has 2 aliphatic rings. The van der Waals surface area contributed by atoms with Crippen molar-refractivity contribution in [1.29, 1.82) is 0 Å². The molecule has 0 atom stereocenters. The topological polar surface area (TPSA) is 157 Å². The summed E-state index contributed by atoms with van der Waals surface area (Å²) in [6, 6.07) is 5.27. The van der Waals surface area contributed by atoms with Crippen LogP contribution in [-0.4, -0.2) is 43.4 Å². The number of phosphoric acid groups is 1. The number of rotatable bonds is 7. The molecule has 35 heavy (non-hydrogen) atoms. The quantitative estimate of drug-likeness (QED) is 0.417. The number of anilines is 1. The molecule has 0 bridgehead atoms. The van der Waals surface area contributed by atoms with E-state index in [2.05, 4.69) is 19.2 Å². The molecular formula is C24H33N4O6P. The molecule has 11 heteroatoms. The van der Waals surface area contributed by atoms with Crippen LogP contribution in [-0.2, 0) is 21.9 Å². The van der Waals surface area contributed by atoms with Crippen LogP contribution in [0.1, 0.15) is 85.0 Å². The zero-order valence-corrected chi connectivity index (χ0v) is 21.2. The number of carbonyl (C=O) groups excluding carboxylic acids is 2. The van der Waals surface area contributed by atoms with E-state index in [4.69, 9.17) is 25.1 Å². The van der Waals surface area contributed by atoms with Gasteiger partial charge < -0.3 is 20.8 Å². The van der Waals surface area contributed by atoms with Crippen molar-refractivity contribution in [2.24, 2.45) is 11.1 Å². The summed E-state index contributed by atoms with van der Waals surface area (Å²) in [4.78, 5) is 43.2. The second-order valence-electron chi connectivity index (χ2n) is 10.3. The second kappa shape index (κ2) is 9.50. The molecule has 190 valence electrons. The van der Waals surface area contributed by atoms with Crippen molar-refractivity contribution >= 4 is 25.2 Å². The summed E-state index contributed by atoms with van der Waals surface area (Å²) < 4.78 is 17.8. The van der Waals surface area contributed by atoms with E-state index < -0.39 is 19.8 Å². The molecule has 0 saturated heterocycles. The fourth-order valence-corrected chi connectivity index (χ4v) is 5.81. The van der Waals surface area contributed by atoms with E-state index in [1.54, 1.807) is 12.1 Å². The minimum Gasteiger partial charge on any atom is -0.382 e. The number of nitrogens with two attached hydrogens (primary N) is 1. The zero-order valence-electron chi connectivity index (χ0n) is 20.3. The van der Waals surface area contributed by atoms with E-state index in [0.29, 0.717) is 61.8 Å². The minimum atomic E-state index is -4.52. The molecule has 10 nitrogen and oxygen atoms in total. The van der Waals surface area contributed by atoms with E-state index in [1.165, 1.54) is 0 Å². The molecular weight excluding hydrogens is 471 g/mol. The van der Waals surface area contributed by atoms with Crippen molar-refractivity contribution < 1.29 is 28.5 Å². The van der Waals surface area contributed by atoms with Crippen molar-refractivity contribution in [3.63, 3.8) is 0 Å². The third-order valence-corrected chi connectivity index (χ3v) is 7.36. The number of nitrogens with zero attached hydrogens (tertiary/aromatic N) is 2. The van der Waals surface area contributed by atoms with Crippen LogP contribution in [0.4, 0.5) is 5.69 Å². The first kappa shape index (κ1) is 25.6. The molecule has 1 heterocycles. The van der Waals surface area contributed by atoms with Gasteiger partial charge in [0.05, 0.1) is 34.3 Å². The number of aryl methyl sites for hydroxylation is 1. The number of carbonyl (C=O) groups is 2. The van der Waals surface area contributed by atoms with E-state index in [-0.39, 0.29) is 17.2 Å². The number of ketones is 1. The number of aromatic nitrogens is 2. The lowest BCUT2D eigenvalue weighted by Gasteiger charge is -2.30. The number of benzene rings is 1. The molecule has 2 aromatic rings. The predicted molar refractivity (Wildman–Crippen MR) is 131 cm³/mol. The third-order valence-electron chi connectivity index (χ3n) is 6.79. The standard InChI is InChI=1S/C24H33N4O6P/c1-4-18-22-20(12-24(2,3)13-21(22)29)28(27-18)15-7-10-17(23(25)30)19(11-15)26-14-5-8-16(9-6-14)34-35(31,32)33/h7,10-11,14,16,26H,4-6,8-9,12-13H2,1-3H3,(H2,25,30)(H2,31,32,33)/t14-,16-. The van der Waals surface area contributed by atoms with Crippen LogP contribution in [0.3, 0.4) is 0 Å². The van der Waals surface area contributed by atoms with Crippen LogP contribution in [0.5, 0.6) is 0 Å². The van der Waals surface area contributed by atoms with E-state index in [0.717, 1.165) is 17.1 Å². The summed E-state index contributed by atoms with van der Waals surface area (Å²) in [7, 11) is -4.52. The summed E-state index contributed by atoms with van der Waals surface area (Å²) in [6.45, 7) is 6.13. The SMILES string of the molecule is CCc1nn(-c2ccc(C(N)=O)c(N[C@H]3CC[C@H](OP(=O)(O)O)CC3)c2)c2c1C(=O)CC(C)(C)C2. The number of primary amides is 1. The number of Topliss-reactive ketones (excluding diaryl/α,β-unsaturated/α-hetero) is 1. The van der Waals surface area contributed by atoms with Gasteiger partial charge in [-0.3, -0.25) is 14.1 Å². The van der Waals surface area contributed by atoms with E-state index in [9.17, 15) is 14.2 Å². The number of hydrogen-bond acceptors (Lipinski definition) is 6.